The average molecular weight is 284 g/mol. The molecule has 2 rings (SSSR count). The Morgan fingerprint density at radius 3 is 2.53 bits per heavy atom. The lowest BCUT2D eigenvalue weighted by atomic mass is 9.80. The van der Waals surface area contributed by atoms with E-state index in [9.17, 15) is 5.11 Å². The van der Waals surface area contributed by atoms with Crippen LogP contribution in [-0.2, 0) is 4.74 Å². The number of halogens is 1. The fraction of sp³-hybridized carbons (Fsp3) is 0.600. The summed E-state index contributed by atoms with van der Waals surface area (Å²) in [7, 11) is 0. The first-order valence-corrected chi connectivity index (χ1v) is 7.20. The second kappa shape index (κ2) is 6.71. The molecule has 0 spiro atoms. The Labute approximate surface area is 119 Å². The molecule has 4 heteroatoms. The minimum absolute atomic E-state index is 0.0288. The van der Waals surface area contributed by atoms with Crippen molar-refractivity contribution in [3.8, 4) is 0 Å². The van der Waals surface area contributed by atoms with Gasteiger partial charge in [-0.25, -0.2) is 0 Å². The molecule has 1 unspecified atom stereocenters. The lowest BCUT2D eigenvalue weighted by Crippen LogP contribution is -2.42. The number of ether oxygens (including phenoxy) is 1. The molecule has 1 aliphatic rings. The van der Waals surface area contributed by atoms with Crippen LogP contribution in [0, 0.1) is 5.41 Å². The SMILES string of the molecule is CC(NCC1(CO)CCOCC1)c1ccc(Cl)cc1. The van der Waals surface area contributed by atoms with Gasteiger partial charge in [0.2, 0.25) is 0 Å². The Kier molecular flexibility index (Phi) is 5.22. The van der Waals surface area contributed by atoms with E-state index < -0.39 is 0 Å². The molecule has 3 nitrogen and oxygen atoms in total. The Balaban J connectivity index is 1.91. The highest BCUT2D eigenvalue weighted by molar-refractivity contribution is 6.30. The Bertz CT molecular complexity index is 388. The molecule has 1 heterocycles. The van der Waals surface area contributed by atoms with Gasteiger partial charge in [-0.3, -0.25) is 0 Å². The van der Waals surface area contributed by atoms with E-state index in [1.807, 2.05) is 24.3 Å². The highest BCUT2D eigenvalue weighted by Crippen LogP contribution is 2.30. The van der Waals surface area contributed by atoms with Crippen molar-refractivity contribution >= 4 is 11.6 Å². The summed E-state index contributed by atoms with van der Waals surface area (Å²) in [4.78, 5) is 0. The summed E-state index contributed by atoms with van der Waals surface area (Å²) in [5.41, 5.74) is 1.18. The maximum atomic E-state index is 9.65. The molecule has 1 fully saturated rings. The molecule has 19 heavy (non-hydrogen) atoms. The second-order valence-electron chi connectivity index (χ2n) is 5.42. The Morgan fingerprint density at radius 2 is 1.95 bits per heavy atom. The third-order valence-corrected chi connectivity index (χ3v) is 4.29. The molecule has 0 bridgehead atoms. The molecule has 1 aromatic rings. The summed E-state index contributed by atoms with van der Waals surface area (Å²) < 4.78 is 5.38. The summed E-state index contributed by atoms with van der Waals surface area (Å²) in [6.07, 6.45) is 1.84. The minimum Gasteiger partial charge on any atom is -0.396 e. The van der Waals surface area contributed by atoms with Crippen LogP contribution >= 0.6 is 11.6 Å². The Morgan fingerprint density at radius 1 is 1.32 bits per heavy atom. The third-order valence-electron chi connectivity index (χ3n) is 4.04. The van der Waals surface area contributed by atoms with Gasteiger partial charge in [0.15, 0.2) is 0 Å². The van der Waals surface area contributed by atoms with Crippen LogP contribution in [0.25, 0.3) is 0 Å². The molecular weight excluding hydrogens is 262 g/mol. The van der Waals surface area contributed by atoms with E-state index in [-0.39, 0.29) is 18.1 Å². The number of aliphatic hydroxyl groups is 1. The van der Waals surface area contributed by atoms with Gasteiger partial charge in [0.05, 0.1) is 6.61 Å². The largest absolute Gasteiger partial charge is 0.396 e. The maximum Gasteiger partial charge on any atom is 0.0501 e. The van der Waals surface area contributed by atoms with Gasteiger partial charge in [0, 0.05) is 36.2 Å². The summed E-state index contributed by atoms with van der Waals surface area (Å²) in [6.45, 7) is 4.66. The molecule has 2 N–H and O–H groups in total. The lowest BCUT2D eigenvalue weighted by molar-refractivity contribution is -0.0163. The summed E-state index contributed by atoms with van der Waals surface area (Å²) in [6, 6.07) is 8.14. The smallest absolute Gasteiger partial charge is 0.0501 e. The quantitative estimate of drug-likeness (QED) is 0.873. The van der Waals surface area contributed by atoms with Gasteiger partial charge in [-0.05, 0) is 37.5 Å². The molecule has 0 amide bonds. The molecule has 0 radical (unpaired) electrons. The lowest BCUT2D eigenvalue weighted by Gasteiger charge is -2.36. The molecule has 1 saturated heterocycles. The number of hydrogen-bond donors (Lipinski definition) is 2. The van der Waals surface area contributed by atoms with Gasteiger partial charge in [0.1, 0.15) is 0 Å². The zero-order chi connectivity index (χ0) is 13.7. The van der Waals surface area contributed by atoms with Crippen LogP contribution < -0.4 is 5.32 Å². The third kappa shape index (κ3) is 3.93. The molecule has 1 aliphatic heterocycles. The van der Waals surface area contributed by atoms with E-state index in [0.717, 1.165) is 37.6 Å². The van der Waals surface area contributed by atoms with Crippen molar-refractivity contribution in [2.45, 2.75) is 25.8 Å². The van der Waals surface area contributed by atoms with Gasteiger partial charge in [-0.15, -0.1) is 0 Å². The van der Waals surface area contributed by atoms with Crippen molar-refractivity contribution in [2.24, 2.45) is 5.41 Å². The summed E-state index contributed by atoms with van der Waals surface area (Å²) in [5, 5.41) is 13.9. The van der Waals surface area contributed by atoms with E-state index in [1.54, 1.807) is 0 Å². The van der Waals surface area contributed by atoms with Crippen LogP contribution in [0.1, 0.15) is 31.4 Å². The standard InChI is InChI=1S/C15H22ClNO2/c1-12(13-2-4-14(16)5-3-13)17-10-15(11-18)6-8-19-9-7-15/h2-5,12,17-18H,6-11H2,1H3. The highest BCUT2D eigenvalue weighted by Gasteiger charge is 2.32. The van der Waals surface area contributed by atoms with Gasteiger partial charge in [-0.1, -0.05) is 23.7 Å². The second-order valence-corrected chi connectivity index (χ2v) is 5.86. The molecule has 0 aromatic heterocycles. The van der Waals surface area contributed by atoms with Gasteiger partial charge < -0.3 is 15.2 Å². The molecular formula is C15H22ClNO2. The van der Waals surface area contributed by atoms with Crippen molar-refractivity contribution in [3.63, 3.8) is 0 Å². The number of aliphatic hydroxyl groups excluding tert-OH is 1. The Hall–Kier alpha value is -0.610. The first-order valence-electron chi connectivity index (χ1n) is 6.83. The van der Waals surface area contributed by atoms with E-state index in [2.05, 4.69) is 12.2 Å². The van der Waals surface area contributed by atoms with Crippen molar-refractivity contribution in [1.29, 1.82) is 0 Å². The molecule has 1 atom stereocenters. The van der Waals surface area contributed by atoms with Crippen molar-refractivity contribution in [1.82, 2.24) is 5.32 Å². The molecule has 0 saturated carbocycles. The van der Waals surface area contributed by atoms with Crippen LogP contribution in [-0.4, -0.2) is 31.5 Å². The van der Waals surface area contributed by atoms with Gasteiger partial charge in [0.25, 0.3) is 0 Å². The number of nitrogens with one attached hydrogen (secondary N) is 1. The van der Waals surface area contributed by atoms with Crippen LogP contribution in [0.15, 0.2) is 24.3 Å². The minimum atomic E-state index is -0.0288. The maximum absolute atomic E-state index is 9.65. The van der Waals surface area contributed by atoms with Crippen molar-refractivity contribution in [2.75, 3.05) is 26.4 Å². The monoisotopic (exact) mass is 283 g/mol. The van der Waals surface area contributed by atoms with Crippen LogP contribution in [0.4, 0.5) is 0 Å². The fourth-order valence-electron chi connectivity index (χ4n) is 2.43. The first kappa shape index (κ1) is 14.8. The predicted molar refractivity (Wildman–Crippen MR) is 77.4 cm³/mol. The average Bonchev–Trinajstić information content (AvgIpc) is 2.46. The van der Waals surface area contributed by atoms with E-state index >= 15 is 0 Å². The first-order chi connectivity index (χ1) is 9.15. The molecule has 106 valence electrons. The van der Waals surface area contributed by atoms with Gasteiger partial charge >= 0.3 is 0 Å². The number of rotatable bonds is 5. The number of hydrogen-bond acceptors (Lipinski definition) is 3. The summed E-state index contributed by atoms with van der Waals surface area (Å²) >= 11 is 5.89. The van der Waals surface area contributed by atoms with Crippen LogP contribution in [0.5, 0.6) is 0 Å². The van der Waals surface area contributed by atoms with Crippen LogP contribution in [0.3, 0.4) is 0 Å². The summed E-state index contributed by atoms with van der Waals surface area (Å²) in [5.74, 6) is 0. The normalized spacial score (nSPS) is 20.2. The molecule has 1 aromatic carbocycles. The highest BCUT2D eigenvalue weighted by atomic mass is 35.5. The number of benzene rings is 1. The van der Waals surface area contributed by atoms with E-state index in [1.165, 1.54) is 5.56 Å². The topological polar surface area (TPSA) is 41.5 Å². The van der Waals surface area contributed by atoms with Crippen molar-refractivity contribution < 1.29 is 9.84 Å². The zero-order valence-corrected chi connectivity index (χ0v) is 12.1. The van der Waals surface area contributed by atoms with E-state index in [4.69, 9.17) is 16.3 Å². The van der Waals surface area contributed by atoms with Crippen molar-refractivity contribution in [3.05, 3.63) is 34.9 Å². The fourth-order valence-corrected chi connectivity index (χ4v) is 2.56. The van der Waals surface area contributed by atoms with Crippen LogP contribution in [0.2, 0.25) is 5.02 Å². The molecule has 0 aliphatic carbocycles. The van der Waals surface area contributed by atoms with Gasteiger partial charge in [-0.2, -0.15) is 0 Å². The zero-order valence-electron chi connectivity index (χ0n) is 11.4. The predicted octanol–water partition coefficient (Wildman–Crippen LogP) is 2.78. The van der Waals surface area contributed by atoms with E-state index in [0.29, 0.717) is 0 Å².